The van der Waals surface area contributed by atoms with Crippen LogP contribution in [0.25, 0.3) is 0 Å². The number of nitrogens with two attached hydrogens (primary N) is 1. The van der Waals surface area contributed by atoms with E-state index in [0.29, 0.717) is 30.2 Å². The molecule has 0 unspecified atom stereocenters. The van der Waals surface area contributed by atoms with Crippen LogP contribution in [0.3, 0.4) is 0 Å². The largest absolute Gasteiger partial charge is 0.495 e. The standard InChI is InChI=1S/C12H18N2O3/c1-16-7-3-6-14-12(15)9-4-5-10(13)11(8-9)17-2/h4-5,8H,3,6-7,13H2,1-2H3,(H,14,15). The Morgan fingerprint density at radius 1 is 1.41 bits per heavy atom. The Bertz CT molecular complexity index is 380. The highest BCUT2D eigenvalue weighted by Crippen LogP contribution is 2.21. The molecular weight excluding hydrogens is 220 g/mol. The van der Waals surface area contributed by atoms with Gasteiger partial charge in [0.25, 0.3) is 5.91 Å². The topological polar surface area (TPSA) is 73.6 Å². The van der Waals surface area contributed by atoms with E-state index in [-0.39, 0.29) is 5.91 Å². The third-order valence-corrected chi connectivity index (χ3v) is 2.31. The molecule has 0 heterocycles. The quantitative estimate of drug-likeness (QED) is 0.573. The highest BCUT2D eigenvalue weighted by molar-refractivity contribution is 5.95. The van der Waals surface area contributed by atoms with Crippen molar-refractivity contribution in [2.24, 2.45) is 0 Å². The van der Waals surface area contributed by atoms with Gasteiger partial charge in [-0.15, -0.1) is 0 Å². The lowest BCUT2D eigenvalue weighted by Gasteiger charge is -2.08. The molecule has 0 bridgehead atoms. The third-order valence-electron chi connectivity index (χ3n) is 2.31. The van der Waals surface area contributed by atoms with Gasteiger partial charge in [-0.25, -0.2) is 0 Å². The first kappa shape index (κ1) is 13.3. The van der Waals surface area contributed by atoms with E-state index in [0.717, 1.165) is 6.42 Å². The number of benzene rings is 1. The monoisotopic (exact) mass is 238 g/mol. The Kier molecular flexibility index (Phi) is 5.29. The van der Waals surface area contributed by atoms with E-state index in [2.05, 4.69) is 5.32 Å². The maximum Gasteiger partial charge on any atom is 0.251 e. The third kappa shape index (κ3) is 3.96. The van der Waals surface area contributed by atoms with Crippen molar-refractivity contribution in [1.82, 2.24) is 5.32 Å². The average Bonchev–Trinajstić information content (AvgIpc) is 2.35. The van der Waals surface area contributed by atoms with Crippen molar-refractivity contribution in [2.75, 3.05) is 33.1 Å². The van der Waals surface area contributed by atoms with Crippen LogP contribution in [0.4, 0.5) is 5.69 Å². The number of hydrogen-bond donors (Lipinski definition) is 2. The molecule has 1 amide bonds. The predicted octanol–water partition coefficient (Wildman–Crippen LogP) is 1.04. The number of nitrogen functional groups attached to an aromatic ring is 1. The second kappa shape index (κ2) is 6.75. The van der Waals surface area contributed by atoms with Gasteiger partial charge in [0.2, 0.25) is 0 Å². The van der Waals surface area contributed by atoms with E-state index in [9.17, 15) is 4.79 Å². The molecule has 0 spiro atoms. The number of nitrogens with one attached hydrogen (secondary N) is 1. The molecule has 1 aromatic rings. The summed E-state index contributed by atoms with van der Waals surface area (Å²) >= 11 is 0. The molecule has 0 aliphatic heterocycles. The number of ether oxygens (including phenoxy) is 2. The molecule has 0 fully saturated rings. The van der Waals surface area contributed by atoms with Crippen LogP contribution in [-0.2, 0) is 4.74 Å². The minimum Gasteiger partial charge on any atom is -0.495 e. The summed E-state index contributed by atoms with van der Waals surface area (Å²) in [5.74, 6) is 0.369. The minimum atomic E-state index is -0.139. The fourth-order valence-corrected chi connectivity index (χ4v) is 1.37. The molecule has 17 heavy (non-hydrogen) atoms. The zero-order chi connectivity index (χ0) is 12.7. The molecule has 1 rings (SSSR count). The van der Waals surface area contributed by atoms with Gasteiger partial charge < -0.3 is 20.5 Å². The summed E-state index contributed by atoms with van der Waals surface area (Å²) in [6.45, 7) is 1.21. The van der Waals surface area contributed by atoms with E-state index in [1.807, 2.05) is 0 Å². The molecule has 5 nitrogen and oxygen atoms in total. The summed E-state index contributed by atoms with van der Waals surface area (Å²) in [7, 11) is 3.15. The van der Waals surface area contributed by atoms with E-state index >= 15 is 0 Å². The van der Waals surface area contributed by atoms with Crippen molar-refractivity contribution >= 4 is 11.6 Å². The van der Waals surface area contributed by atoms with Gasteiger partial charge in [-0.3, -0.25) is 4.79 Å². The van der Waals surface area contributed by atoms with Crippen LogP contribution < -0.4 is 15.8 Å². The average molecular weight is 238 g/mol. The first-order valence-corrected chi connectivity index (χ1v) is 5.39. The Labute approximate surface area is 101 Å². The van der Waals surface area contributed by atoms with Gasteiger partial charge in [0.1, 0.15) is 5.75 Å². The summed E-state index contributed by atoms with van der Waals surface area (Å²) in [5.41, 5.74) is 6.72. The van der Waals surface area contributed by atoms with Gasteiger partial charge in [0, 0.05) is 25.8 Å². The van der Waals surface area contributed by atoms with Crippen LogP contribution in [0.15, 0.2) is 18.2 Å². The van der Waals surface area contributed by atoms with Gasteiger partial charge in [0.15, 0.2) is 0 Å². The highest BCUT2D eigenvalue weighted by atomic mass is 16.5. The number of carbonyl (C=O) groups excluding carboxylic acids is 1. The van der Waals surface area contributed by atoms with Crippen LogP contribution in [0.1, 0.15) is 16.8 Å². The van der Waals surface area contributed by atoms with Crippen LogP contribution in [0, 0.1) is 0 Å². The van der Waals surface area contributed by atoms with Gasteiger partial charge in [-0.2, -0.15) is 0 Å². The van der Waals surface area contributed by atoms with E-state index in [1.54, 1.807) is 25.3 Å². The van der Waals surface area contributed by atoms with Crippen molar-refractivity contribution in [3.8, 4) is 5.75 Å². The molecular formula is C12H18N2O3. The summed E-state index contributed by atoms with van der Waals surface area (Å²) < 4.78 is 9.95. The number of methoxy groups -OCH3 is 2. The molecule has 5 heteroatoms. The molecule has 0 atom stereocenters. The van der Waals surface area contributed by atoms with Crippen molar-refractivity contribution in [3.63, 3.8) is 0 Å². The zero-order valence-corrected chi connectivity index (χ0v) is 10.2. The summed E-state index contributed by atoms with van der Waals surface area (Å²) in [6.07, 6.45) is 0.786. The lowest BCUT2D eigenvalue weighted by atomic mass is 10.2. The Balaban J connectivity index is 2.57. The van der Waals surface area contributed by atoms with E-state index < -0.39 is 0 Å². The second-order valence-electron chi connectivity index (χ2n) is 3.56. The molecule has 0 saturated carbocycles. The first-order chi connectivity index (χ1) is 8.19. The molecule has 0 aliphatic carbocycles. The van der Waals surface area contributed by atoms with Crippen LogP contribution in [0.5, 0.6) is 5.75 Å². The normalized spacial score (nSPS) is 10.0. The number of anilines is 1. The van der Waals surface area contributed by atoms with Gasteiger partial charge in [-0.05, 0) is 24.6 Å². The van der Waals surface area contributed by atoms with Crippen LogP contribution in [0.2, 0.25) is 0 Å². The first-order valence-electron chi connectivity index (χ1n) is 5.39. The lowest BCUT2D eigenvalue weighted by molar-refractivity contribution is 0.0948. The van der Waals surface area contributed by atoms with Crippen molar-refractivity contribution < 1.29 is 14.3 Å². The maximum atomic E-state index is 11.7. The number of rotatable bonds is 6. The smallest absolute Gasteiger partial charge is 0.251 e. The Hall–Kier alpha value is -1.75. The summed E-state index contributed by atoms with van der Waals surface area (Å²) in [4.78, 5) is 11.7. The summed E-state index contributed by atoms with van der Waals surface area (Å²) in [5, 5.41) is 2.79. The molecule has 0 saturated heterocycles. The van der Waals surface area contributed by atoms with Gasteiger partial charge in [0.05, 0.1) is 12.8 Å². The maximum absolute atomic E-state index is 11.7. The minimum absolute atomic E-state index is 0.139. The van der Waals surface area contributed by atoms with Gasteiger partial charge >= 0.3 is 0 Å². The Morgan fingerprint density at radius 3 is 2.82 bits per heavy atom. The van der Waals surface area contributed by atoms with Crippen LogP contribution >= 0.6 is 0 Å². The van der Waals surface area contributed by atoms with Crippen molar-refractivity contribution in [3.05, 3.63) is 23.8 Å². The highest BCUT2D eigenvalue weighted by Gasteiger charge is 2.07. The number of carbonyl (C=O) groups is 1. The van der Waals surface area contributed by atoms with E-state index in [4.69, 9.17) is 15.2 Å². The molecule has 1 aromatic carbocycles. The van der Waals surface area contributed by atoms with E-state index in [1.165, 1.54) is 7.11 Å². The SMILES string of the molecule is COCCCNC(=O)c1ccc(N)c(OC)c1. The molecule has 3 N–H and O–H groups in total. The fourth-order valence-electron chi connectivity index (χ4n) is 1.37. The second-order valence-corrected chi connectivity index (χ2v) is 3.56. The van der Waals surface area contributed by atoms with Crippen LogP contribution in [-0.4, -0.2) is 33.3 Å². The number of hydrogen-bond acceptors (Lipinski definition) is 4. The zero-order valence-electron chi connectivity index (χ0n) is 10.2. The Morgan fingerprint density at radius 2 is 2.18 bits per heavy atom. The molecule has 0 aliphatic rings. The molecule has 0 radical (unpaired) electrons. The van der Waals surface area contributed by atoms with Crippen molar-refractivity contribution in [1.29, 1.82) is 0 Å². The fraction of sp³-hybridized carbons (Fsp3) is 0.417. The summed E-state index contributed by atoms with van der Waals surface area (Å²) in [6, 6.07) is 4.95. The predicted molar refractivity (Wildman–Crippen MR) is 66.2 cm³/mol. The molecule has 0 aromatic heterocycles. The van der Waals surface area contributed by atoms with Gasteiger partial charge in [-0.1, -0.05) is 0 Å². The lowest BCUT2D eigenvalue weighted by Crippen LogP contribution is -2.25. The number of amides is 1. The molecule has 94 valence electrons. The van der Waals surface area contributed by atoms with Crippen molar-refractivity contribution in [2.45, 2.75) is 6.42 Å².